The highest BCUT2D eigenvalue weighted by Crippen LogP contribution is 2.17. The van der Waals surface area contributed by atoms with Crippen molar-refractivity contribution in [3.05, 3.63) is 45.6 Å². The van der Waals surface area contributed by atoms with E-state index < -0.39 is 0 Å². The molecule has 7 heteroatoms. The lowest BCUT2D eigenvalue weighted by atomic mass is 10.0. The Hall–Kier alpha value is -1.50. The molecule has 2 aromatic heterocycles. The van der Waals surface area contributed by atoms with Crippen LogP contribution in [0.4, 0.5) is 0 Å². The van der Waals surface area contributed by atoms with E-state index in [1.54, 1.807) is 5.38 Å². The molecule has 0 aliphatic carbocycles. The number of carbonyl (C=O) groups excluding carboxylic acids is 1. The molecule has 1 saturated heterocycles. The Labute approximate surface area is 138 Å². The summed E-state index contributed by atoms with van der Waals surface area (Å²) in [6.07, 6.45) is 5.55. The summed E-state index contributed by atoms with van der Waals surface area (Å²) in [5, 5.41) is 5.53. The molecule has 0 unspecified atom stereocenters. The van der Waals surface area contributed by atoms with E-state index in [2.05, 4.69) is 20.2 Å². The lowest BCUT2D eigenvalue weighted by molar-refractivity contribution is 0.0908. The van der Waals surface area contributed by atoms with Crippen LogP contribution in [0, 0.1) is 0 Å². The third kappa shape index (κ3) is 4.03. The van der Waals surface area contributed by atoms with E-state index in [9.17, 15) is 4.79 Å². The van der Waals surface area contributed by atoms with Crippen LogP contribution in [0.2, 0.25) is 5.15 Å². The summed E-state index contributed by atoms with van der Waals surface area (Å²) in [7, 11) is 0. The van der Waals surface area contributed by atoms with Crippen molar-refractivity contribution >= 4 is 28.8 Å². The lowest BCUT2D eigenvalue weighted by Gasteiger charge is -2.32. The minimum atomic E-state index is -0.121. The number of aromatic nitrogens is 2. The maximum atomic E-state index is 12.1. The number of thiazole rings is 1. The molecule has 0 radical (unpaired) electrons. The number of hydrogen-bond donors (Lipinski definition) is 1. The van der Waals surface area contributed by atoms with E-state index in [1.807, 2.05) is 24.5 Å². The molecule has 0 bridgehead atoms. The average Bonchev–Trinajstić information content (AvgIpc) is 2.97. The number of likely N-dealkylation sites (tertiary alicyclic amines) is 1. The van der Waals surface area contributed by atoms with Crippen LogP contribution in [0.1, 0.15) is 28.2 Å². The summed E-state index contributed by atoms with van der Waals surface area (Å²) in [5.41, 5.74) is 1.27. The first-order valence-corrected chi connectivity index (χ1v) is 8.49. The highest BCUT2D eigenvalue weighted by Gasteiger charge is 2.22. The Morgan fingerprint density at radius 3 is 2.73 bits per heavy atom. The molecule has 0 spiro atoms. The Morgan fingerprint density at radius 1 is 1.36 bits per heavy atom. The highest BCUT2D eigenvalue weighted by molar-refractivity contribution is 7.12. The molecule has 5 nitrogen and oxygen atoms in total. The monoisotopic (exact) mass is 336 g/mol. The molecule has 1 amide bonds. The summed E-state index contributed by atoms with van der Waals surface area (Å²) in [6, 6.07) is 4.30. The van der Waals surface area contributed by atoms with Gasteiger partial charge in [-0.15, -0.1) is 11.3 Å². The summed E-state index contributed by atoms with van der Waals surface area (Å²) in [6.45, 7) is 2.89. The molecule has 1 aliphatic rings. The highest BCUT2D eigenvalue weighted by atomic mass is 35.5. The van der Waals surface area contributed by atoms with Gasteiger partial charge in [-0.25, -0.2) is 4.98 Å². The Kier molecular flexibility index (Phi) is 5.02. The second kappa shape index (κ2) is 7.17. The number of nitrogens with one attached hydrogen (secondary N) is 1. The normalized spacial score (nSPS) is 16.6. The molecule has 0 saturated carbocycles. The zero-order valence-corrected chi connectivity index (χ0v) is 13.6. The second-order valence-corrected chi connectivity index (χ2v) is 6.60. The largest absolute Gasteiger partial charge is 0.347 e. The van der Waals surface area contributed by atoms with Crippen molar-refractivity contribution in [2.75, 3.05) is 13.1 Å². The maximum absolute atomic E-state index is 12.1. The molecular weight excluding hydrogens is 320 g/mol. The van der Waals surface area contributed by atoms with Crippen molar-refractivity contribution in [2.24, 2.45) is 0 Å². The molecule has 1 aliphatic heterocycles. The van der Waals surface area contributed by atoms with Gasteiger partial charge in [0.1, 0.15) is 5.15 Å². The van der Waals surface area contributed by atoms with Crippen LogP contribution in [0.5, 0.6) is 0 Å². The molecular formula is C15H17ClN4OS. The number of carbonyl (C=O) groups is 1. The van der Waals surface area contributed by atoms with Gasteiger partial charge < -0.3 is 5.32 Å². The molecule has 0 atom stereocenters. The van der Waals surface area contributed by atoms with Crippen molar-refractivity contribution in [2.45, 2.75) is 25.4 Å². The van der Waals surface area contributed by atoms with Crippen molar-refractivity contribution in [3.8, 4) is 0 Å². The van der Waals surface area contributed by atoms with Crippen molar-refractivity contribution < 1.29 is 4.79 Å². The van der Waals surface area contributed by atoms with Crippen LogP contribution in [0.3, 0.4) is 0 Å². The smallest absolute Gasteiger partial charge is 0.280 e. The van der Waals surface area contributed by atoms with Gasteiger partial charge in [0.2, 0.25) is 0 Å². The van der Waals surface area contributed by atoms with E-state index in [-0.39, 0.29) is 11.9 Å². The van der Waals surface area contributed by atoms with Crippen LogP contribution >= 0.6 is 22.9 Å². The van der Waals surface area contributed by atoms with E-state index in [1.165, 1.54) is 16.9 Å². The molecule has 3 heterocycles. The first-order chi connectivity index (χ1) is 10.7. The van der Waals surface area contributed by atoms with Crippen molar-refractivity contribution in [3.63, 3.8) is 0 Å². The van der Waals surface area contributed by atoms with E-state index in [0.717, 1.165) is 32.5 Å². The van der Waals surface area contributed by atoms with Gasteiger partial charge in [0, 0.05) is 43.4 Å². The molecule has 1 fully saturated rings. The zero-order valence-electron chi connectivity index (χ0n) is 12.0. The standard InChI is InChI=1S/C15H17ClN4OS/c16-13-10-22-15(19-13)14(21)18-12-3-7-20(8-4-12)9-11-1-5-17-6-2-11/h1-2,5-6,10,12H,3-4,7-9H2,(H,18,21). The predicted molar refractivity (Wildman–Crippen MR) is 87.1 cm³/mol. The van der Waals surface area contributed by atoms with Crippen LogP contribution in [0.15, 0.2) is 29.9 Å². The fraction of sp³-hybridized carbons (Fsp3) is 0.400. The fourth-order valence-electron chi connectivity index (χ4n) is 2.59. The molecule has 22 heavy (non-hydrogen) atoms. The number of pyridine rings is 1. The van der Waals surface area contributed by atoms with Crippen LogP contribution in [-0.4, -0.2) is 39.9 Å². The number of nitrogens with zero attached hydrogens (tertiary/aromatic N) is 3. The Balaban J connectivity index is 1.46. The van der Waals surface area contributed by atoms with Gasteiger partial charge in [-0.05, 0) is 30.5 Å². The topological polar surface area (TPSA) is 58.1 Å². The third-order valence-electron chi connectivity index (χ3n) is 3.75. The van der Waals surface area contributed by atoms with Gasteiger partial charge in [-0.1, -0.05) is 11.6 Å². The molecule has 116 valence electrons. The Morgan fingerprint density at radius 2 is 2.09 bits per heavy atom. The van der Waals surface area contributed by atoms with Crippen LogP contribution in [-0.2, 0) is 6.54 Å². The molecule has 3 rings (SSSR count). The summed E-state index contributed by atoms with van der Waals surface area (Å²) in [4.78, 5) is 22.5. The van der Waals surface area contributed by atoms with E-state index >= 15 is 0 Å². The van der Waals surface area contributed by atoms with Crippen LogP contribution < -0.4 is 5.32 Å². The summed E-state index contributed by atoms with van der Waals surface area (Å²) < 4.78 is 0. The number of rotatable bonds is 4. The van der Waals surface area contributed by atoms with Gasteiger partial charge in [0.25, 0.3) is 5.91 Å². The van der Waals surface area contributed by atoms with Gasteiger partial charge in [0.15, 0.2) is 5.01 Å². The van der Waals surface area contributed by atoms with E-state index in [0.29, 0.717) is 10.2 Å². The first-order valence-electron chi connectivity index (χ1n) is 7.24. The second-order valence-electron chi connectivity index (χ2n) is 5.35. The van der Waals surface area contributed by atoms with Crippen molar-refractivity contribution in [1.29, 1.82) is 0 Å². The molecule has 1 N–H and O–H groups in total. The minimum Gasteiger partial charge on any atom is -0.347 e. The maximum Gasteiger partial charge on any atom is 0.280 e. The van der Waals surface area contributed by atoms with Gasteiger partial charge in [-0.2, -0.15) is 0 Å². The minimum absolute atomic E-state index is 0.121. The first kappa shape index (κ1) is 15.4. The summed E-state index contributed by atoms with van der Waals surface area (Å²) in [5.74, 6) is -0.121. The van der Waals surface area contributed by atoms with Gasteiger partial charge in [-0.3, -0.25) is 14.7 Å². The van der Waals surface area contributed by atoms with Gasteiger partial charge in [0.05, 0.1) is 0 Å². The van der Waals surface area contributed by atoms with Crippen molar-refractivity contribution in [1.82, 2.24) is 20.2 Å². The predicted octanol–water partition coefficient (Wildman–Crippen LogP) is 2.59. The number of amides is 1. The van der Waals surface area contributed by atoms with Crippen LogP contribution in [0.25, 0.3) is 0 Å². The van der Waals surface area contributed by atoms with Gasteiger partial charge >= 0.3 is 0 Å². The number of piperidine rings is 1. The zero-order chi connectivity index (χ0) is 15.4. The number of halogens is 1. The fourth-order valence-corrected chi connectivity index (χ4v) is 3.43. The average molecular weight is 337 g/mol. The Bertz CT molecular complexity index is 625. The quantitative estimate of drug-likeness (QED) is 0.932. The third-order valence-corrected chi connectivity index (χ3v) is 4.91. The van der Waals surface area contributed by atoms with E-state index in [4.69, 9.17) is 11.6 Å². The molecule has 2 aromatic rings. The SMILES string of the molecule is O=C(NC1CCN(Cc2ccncc2)CC1)c1nc(Cl)cs1. The number of hydrogen-bond acceptors (Lipinski definition) is 5. The summed E-state index contributed by atoms with van der Waals surface area (Å²) >= 11 is 7.03. The molecule has 0 aromatic carbocycles. The lowest BCUT2D eigenvalue weighted by Crippen LogP contribution is -2.44.